The first-order valence-corrected chi connectivity index (χ1v) is 9.79. The van der Waals surface area contributed by atoms with Gasteiger partial charge in [-0.3, -0.25) is 14.4 Å². The van der Waals surface area contributed by atoms with Crippen LogP contribution in [0, 0.1) is 0 Å². The van der Waals surface area contributed by atoms with Crippen LogP contribution in [0.2, 0.25) is 0 Å². The van der Waals surface area contributed by atoms with Crippen molar-refractivity contribution >= 4 is 17.8 Å². The van der Waals surface area contributed by atoms with Crippen LogP contribution in [0.25, 0.3) is 0 Å². The van der Waals surface area contributed by atoms with Crippen LogP contribution in [0.4, 0.5) is 0 Å². The molecule has 1 aromatic carbocycles. The summed E-state index contributed by atoms with van der Waals surface area (Å²) >= 11 is 0. The predicted molar refractivity (Wildman–Crippen MR) is 107 cm³/mol. The van der Waals surface area contributed by atoms with Crippen LogP contribution in [-0.4, -0.2) is 61.6 Å². The first-order valence-electron chi connectivity index (χ1n) is 9.79. The highest BCUT2D eigenvalue weighted by Crippen LogP contribution is 2.24. The van der Waals surface area contributed by atoms with Crippen LogP contribution in [0.1, 0.15) is 50.4 Å². The summed E-state index contributed by atoms with van der Waals surface area (Å²) < 4.78 is 15.5. The van der Waals surface area contributed by atoms with Crippen molar-refractivity contribution in [3.8, 4) is 11.5 Å². The van der Waals surface area contributed by atoms with E-state index in [9.17, 15) is 14.4 Å². The molecule has 1 N–H and O–H groups in total. The zero-order valence-corrected chi connectivity index (χ0v) is 17.7. The van der Waals surface area contributed by atoms with E-state index in [4.69, 9.17) is 14.2 Å². The van der Waals surface area contributed by atoms with E-state index in [0.29, 0.717) is 11.5 Å². The van der Waals surface area contributed by atoms with Crippen molar-refractivity contribution in [2.24, 2.45) is 0 Å². The molecule has 0 radical (unpaired) electrons. The van der Waals surface area contributed by atoms with Gasteiger partial charge in [0.1, 0.15) is 18.0 Å². The summed E-state index contributed by atoms with van der Waals surface area (Å²) in [6.07, 6.45) is 2.06. The Labute approximate surface area is 171 Å². The van der Waals surface area contributed by atoms with Gasteiger partial charge in [-0.25, -0.2) is 0 Å². The van der Waals surface area contributed by atoms with Crippen LogP contribution in [0.3, 0.4) is 0 Å². The van der Waals surface area contributed by atoms with Gasteiger partial charge in [0.25, 0.3) is 11.8 Å². The smallest absolute Gasteiger partial charge is 0.326 e. The summed E-state index contributed by atoms with van der Waals surface area (Å²) in [6, 6.07) is 4.95. The van der Waals surface area contributed by atoms with Crippen molar-refractivity contribution in [2.45, 2.75) is 58.2 Å². The van der Waals surface area contributed by atoms with Crippen molar-refractivity contribution in [1.82, 2.24) is 10.2 Å². The lowest BCUT2D eigenvalue weighted by Crippen LogP contribution is -2.51. The number of nitrogens with one attached hydrogen (secondary N) is 1. The van der Waals surface area contributed by atoms with E-state index in [-0.39, 0.29) is 30.1 Å². The third-order valence-corrected chi connectivity index (χ3v) is 5.11. The SMILES string of the molecule is COc1cc(OC)cc(C(=O)NCC(=O)O[C@H](C)C(=O)N2[C@@H](C)CCC[C@@H]2C)c1. The number of rotatable bonds is 7. The molecule has 0 saturated carbocycles. The first-order chi connectivity index (χ1) is 13.8. The van der Waals surface area contributed by atoms with E-state index in [2.05, 4.69) is 5.32 Å². The minimum Gasteiger partial charge on any atom is -0.497 e. The molecule has 29 heavy (non-hydrogen) atoms. The third-order valence-electron chi connectivity index (χ3n) is 5.11. The number of benzene rings is 1. The molecule has 0 spiro atoms. The molecular weight excluding hydrogens is 376 g/mol. The van der Waals surface area contributed by atoms with Gasteiger partial charge in [0.2, 0.25) is 0 Å². The molecule has 1 saturated heterocycles. The van der Waals surface area contributed by atoms with Gasteiger partial charge in [-0.2, -0.15) is 0 Å². The Morgan fingerprint density at radius 2 is 1.62 bits per heavy atom. The average molecular weight is 406 g/mol. The van der Waals surface area contributed by atoms with Gasteiger partial charge in [-0.1, -0.05) is 0 Å². The maximum Gasteiger partial charge on any atom is 0.326 e. The van der Waals surface area contributed by atoms with Crippen LogP contribution in [-0.2, 0) is 14.3 Å². The number of ether oxygens (including phenoxy) is 3. The fourth-order valence-electron chi connectivity index (χ4n) is 3.55. The number of esters is 1. The lowest BCUT2D eigenvalue weighted by molar-refractivity contribution is -0.161. The van der Waals surface area contributed by atoms with Crippen molar-refractivity contribution in [1.29, 1.82) is 0 Å². The molecule has 1 heterocycles. The van der Waals surface area contributed by atoms with E-state index in [1.165, 1.54) is 26.4 Å². The molecule has 3 atom stereocenters. The zero-order valence-electron chi connectivity index (χ0n) is 17.7. The molecule has 1 fully saturated rings. The Bertz CT molecular complexity index is 718. The second-order valence-corrected chi connectivity index (χ2v) is 7.29. The molecule has 2 amide bonds. The van der Waals surface area contributed by atoms with Crippen LogP contribution in [0.15, 0.2) is 18.2 Å². The molecule has 0 aliphatic carbocycles. The molecule has 8 nitrogen and oxygen atoms in total. The van der Waals surface area contributed by atoms with E-state index in [1.54, 1.807) is 17.9 Å². The summed E-state index contributed by atoms with van der Waals surface area (Å²) in [5, 5.41) is 2.49. The predicted octanol–water partition coefficient (Wildman–Crippen LogP) is 2.15. The monoisotopic (exact) mass is 406 g/mol. The fourth-order valence-corrected chi connectivity index (χ4v) is 3.55. The normalized spacial score (nSPS) is 19.8. The minimum absolute atomic E-state index is 0.121. The fraction of sp³-hybridized carbons (Fsp3) is 0.571. The summed E-state index contributed by atoms with van der Waals surface area (Å²) in [6.45, 7) is 5.22. The molecule has 160 valence electrons. The third kappa shape index (κ3) is 5.85. The van der Waals surface area contributed by atoms with Gasteiger partial charge in [-0.15, -0.1) is 0 Å². The first kappa shape index (κ1) is 22.5. The van der Waals surface area contributed by atoms with E-state index >= 15 is 0 Å². The van der Waals surface area contributed by atoms with Crippen LogP contribution < -0.4 is 14.8 Å². The second kappa shape index (κ2) is 10.1. The Balaban J connectivity index is 1.90. The average Bonchev–Trinajstić information content (AvgIpc) is 2.71. The molecule has 0 aromatic heterocycles. The highest BCUT2D eigenvalue weighted by Gasteiger charge is 2.33. The standard InChI is InChI=1S/C21H30N2O6/c1-13-7-6-8-14(2)23(13)21(26)15(3)29-19(24)12-22-20(25)16-9-17(27-4)11-18(10-16)28-5/h9-11,13-15H,6-8,12H2,1-5H3,(H,22,25)/t13-,14-,15+/m0/s1. The van der Waals surface area contributed by atoms with Gasteiger partial charge >= 0.3 is 5.97 Å². The molecular formula is C21H30N2O6. The number of methoxy groups -OCH3 is 2. The zero-order chi connectivity index (χ0) is 21.6. The molecule has 8 heteroatoms. The lowest BCUT2D eigenvalue weighted by atomic mass is 9.97. The Kier molecular flexibility index (Phi) is 7.87. The maximum absolute atomic E-state index is 12.7. The second-order valence-electron chi connectivity index (χ2n) is 7.29. The molecule has 0 unspecified atom stereocenters. The molecule has 1 aromatic rings. The van der Waals surface area contributed by atoms with Crippen LogP contribution >= 0.6 is 0 Å². The number of hydrogen-bond acceptors (Lipinski definition) is 6. The number of hydrogen-bond donors (Lipinski definition) is 1. The number of amides is 2. The number of likely N-dealkylation sites (tertiary alicyclic amines) is 1. The number of carbonyl (C=O) groups is 3. The molecule has 0 bridgehead atoms. The number of carbonyl (C=O) groups excluding carboxylic acids is 3. The van der Waals surface area contributed by atoms with E-state index in [0.717, 1.165) is 19.3 Å². The quantitative estimate of drug-likeness (QED) is 0.698. The van der Waals surface area contributed by atoms with E-state index in [1.807, 2.05) is 13.8 Å². The topological polar surface area (TPSA) is 94.2 Å². The number of piperidine rings is 1. The van der Waals surface area contributed by atoms with Crippen molar-refractivity contribution < 1.29 is 28.6 Å². The van der Waals surface area contributed by atoms with Gasteiger partial charge < -0.3 is 24.4 Å². The van der Waals surface area contributed by atoms with E-state index < -0.39 is 18.0 Å². The van der Waals surface area contributed by atoms with Crippen molar-refractivity contribution in [2.75, 3.05) is 20.8 Å². The molecule has 1 aliphatic heterocycles. The number of nitrogens with zero attached hydrogens (tertiary/aromatic N) is 1. The summed E-state index contributed by atoms with van der Waals surface area (Å²) in [7, 11) is 2.96. The van der Waals surface area contributed by atoms with Crippen molar-refractivity contribution in [3.05, 3.63) is 23.8 Å². The molecule has 1 aliphatic rings. The minimum atomic E-state index is -0.903. The van der Waals surface area contributed by atoms with Gasteiger partial charge in [0.05, 0.1) is 14.2 Å². The largest absolute Gasteiger partial charge is 0.497 e. The molecule has 2 rings (SSSR count). The highest BCUT2D eigenvalue weighted by atomic mass is 16.5. The van der Waals surface area contributed by atoms with Crippen molar-refractivity contribution in [3.63, 3.8) is 0 Å². The highest BCUT2D eigenvalue weighted by molar-refractivity contribution is 5.97. The van der Waals surface area contributed by atoms with Gasteiger partial charge in [0, 0.05) is 23.7 Å². The lowest BCUT2D eigenvalue weighted by Gasteiger charge is -2.40. The Morgan fingerprint density at radius 1 is 1.07 bits per heavy atom. The van der Waals surface area contributed by atoms with Gasteiger partial charge in [0.15, 0.2) is 6.10 Å². The Morgan fingerprint density at radius 3 is 2.14 bits per heavy atom. The summed E-state index contributed by atoms with van der Waals surface area (Å²) in [5.74, 6) is -0.438. The maximum atomic E-state index is 12.7. The van der Waals surface area contributed by atoms with Crippen LogP contribution in [0.5, 0.6) is 11.5 Å². The summed E-state index contributed by atoms with van der Waals surface area (Å²) in [5.41, 5.74) is 0.286. The Hall–Kier alpha value is -2.77. The van der Waals surface area contributed by atoms with Gasteiger partial charge in [-0.05, 0) is 52.2 Å². The summed E-state index contributed by atoms with van der Waals surface area (Å²) in [4.78, 5) is 38.9.